The lowest BCUT2D eigenvalue weighted by Gasteiger charge is -2.18. The van der Waals surface area contributed by atoms with E-state index in [2.05, 4.69) is 11.9 Å². The first-order valence-electron chi connectivity index (χ1n) is 8.46. The maximum atomic E-state index is 12.7. The monoisotopic (exact) mass is 340 g/mol. The largest absolute Gasteiger partial charge is 0.448 e. The first-order valence-corrected chi connectivity index (χ1v) is 9.27. The maximum absolute atomic E-state index is 12.7. The third kappa shape index (κ3) is 2.96. The van der Waals surface area contributed by atoms with E-state index in [1.54, 1.807) is 17.4 Å². The molecule has 1 saturated heterocycles. The molecule has 1 amide bonds. The fourth-order valence-corrected chi connectivity index (χ4v) is 4.09. The Balaban J connectivity index is 1.56. The van der Waals surface area contributed by atoms with Gasteiger partial charge in [-0.2, -0.15) is 0 Å². The highest BCUT2D eigenvalue weighted by Crippen LogP contribution is 2.31. The van der Waals surface area contributed by atoms with E-state index in [0.717, 1.165) is 41.2 Å². The Morgan fingerprint density at radius 3 is 2.96 bits per heavy atom. The van der Waals surface area contributed by atoms with Crippen LogP contribution in [0.25, 0.3) is 21.0 Å². The standard InChI is InChI=1S/C19H20N2O2S/c1-13-5-4-11-21(12-10-13)19(22)16-9-8-15(23-16)18-20-14-6-2-3-7-17(14)24-18/h2-3,6-9,13H,4-5,10-12H2,1H3. The molecule has 0 radical (unpaired) electrons. The van der Waals surface area contributed by atoms with E-state index >= 15 is 0 Å². The van der Waals surface area contributed by atoms with Gasteiger partial charge >= 0.3 is 0 Å². The van der Waals surface area contributed by atoms with E-state index in [4.69, 9.17) is 4.42 Å². The number of carbonyl (C=O) groups is 1. The second-order valence-electron chi connectivity index (χ2n) is 6.48. The van der Waals surface area contributed by atoms with Crippen molar-refractivity contribution in [3.8, 4) is 10.8 Å². The third-order valence-electron chi connectivity index (χ3n) is 4.63. The van der Waals surface area contributed by atoms with E-state index < -0.39 is 0 Å². The highest BCUT2D eigenvalue weighted by Gasteiger charge is 2.23. The number of benzene rings is 1. The fraction of sp³-hybridized carbons (Fsp3) is 0.368. The fourth-order valence-electron chi connectivity index (χ4n) is 3.17. The normalized spacial score (nSPS) is 18.7. The summed E-state index contributed by atoms with van der Waals surface area (Å²) in [5.41, 5.74) is 0.961. The number of rotatable bonds is 2. The van der Waals surface area contributed by atoms with E-state index in [-0.39, 0.29) is 5.91 Å². The first kappa shape index (κ1) is 15.4. The van der Waals surface area contributed by atoms with Gasteiger partial charge in [0.25, 0.3) is 5.91 Å². The van der Waals surface area contributed by atoms with Crippen molar-refractivity contribution in [1.82, 2.24) is 9.88 Å². The van der Waals surface area contributed by atoms with Gasteiger partial charge in [-0.1, -0.05) is 19.1 Å². The number of hydrogen-bond donors (Lipinski definition) is 0. The van der Waals surface area contributed by atoms with Crippen molar-refractivity contribution in [3.63, 3.8) is 0 Å². The molecule has 2 aromatic heterocycles. The van der Waals surface area contributed by atoms with Gasteiger partial charge in [0.2, 0.25) is 0 Å². The second kappa shape index (κ2) is 6.40. The summed E-state index contributed by atoms with van der Waals surface area (Å²) in [7, 11) is 0. The van der Waals surface area contributed by atoms with Crippen LogP contribution in [0.1, 0.15) is 36.7 Å². The number of thiazole rings is 1. The number of aromatic nitrogens is 1. The zero-order chi connectivity index (χ0) is 16.5. The van der Waals surface area contributed by atoms with Crippen LogP contribution >= 0.6 is 11.3 Å². The molecular formula is C19H20N2O2S. The highest BCUT2D eigenvalue weighted by atomic mass is 32.1. The number of fused-ring (bicyclic) bond motifs is 1. The van der Waals surface area contributed by atoms with Gasteiger partial charge in [-0.15, -0.1) is 11.3 Å². The molecule has 1 aliphatic rings. The van der Waals surface area contributed by atoms with E-state index in [1.807, 2.05) is 35.2 Å². The molecule has 4 nitrogen and oxygen atoms in total. The molecule has 1 fully saturated rings. The average molecular weight is 340 g/mol. The number of nitrogens with zero attached hydrogens (tertiary/aromatic N) is 2. The Hall–Kier alpha value is -2.14. The minimum atomic E-state index is -0.00328. The molecule has 0 spiro atoms. The van der Waals surface area contributed by atoms with Gasteiger partial charge in [-0.05, 0) is 49.4 Å². The molecule has 4 rings (SSSR count). The molecule has 5 heteroatoms. The molecule has 1 aliphatic heterocycles. The van der Waals surface area contributed by atoms with Crippen molar-refractivity contribution in [2.45, 2.75) is 26.2 Å². The summed E-state index contributed by atoms with van der Waals surface area (Å²) in [6.07, 6.45) is 3.33. The van der Waals surface area contributed by atoms with Crippen LogP contribution in [0.2, 0.25) is 0 Å². The van der Waals surface area contributed by atoms with Gasteiger partial charge in [-0.25, -0.2) is 4.98 Å². The number of para-hydroxylation sites is 1. The molecule has 3 aromatic rings. The van der Waals surface area contributed by atoms with Crippen molar-refractivity contribution in [2.75, 3.05) is 13.1 Å². The van der Waals surface area contributed by atoms with Gasteiger partial charge in [0.15, 0.2) is 16.5 Å². The van der Waals surface area contributed by atoms with Gasteiger partial charge in [0.1, 0.15) is 0 Å². The van der Waals surface area contributed by atoms with Crippen LogP contribution in [-0.4, -0.2) is 28.9 Å². The molecule has 1 atom stereocenters. The summed E-state index contributed by atoms with van der Waals surface area (Å²) in [6, 6.07) is 11.6. The van der Waals surface area contributed by atoms with Crippen LogP contribution in [0.4, 0.5) is 0 Å². The van der Waals surface area contributed by atoms with Crippen LogP contribution in [0.3, 0.4) is 0 Å². The summed E-state index contributed by atoms with van der Waals surface area (Å²) < 4.78 is 6.96. The lowest BCUT2D eigenvalue weighted by atomic mass is 10.0. The van der Waals surface area contributed by atoms with Crippen LogP contribution in [0, 0.1) is 5.92 Å². The Bertz CT molecular complexity index is 834. The SMILES string of the molecule is CC1CCCN(C(=O)c2ccc(-c3nc4ccccc4s3)o2)CC1. The van der Waals surface area contributed by atoms with Crippen molar-refractivity contribution in [3.05, 3.63) is 42.2 Å². The number of furan rings is 1. The Morgan fingerprint density at radius 2 is 2.08 bits per heavy atom. The lowest BCUT2D eigenvalue weighted by molar-refractivity contribution is 0.0729. The molecule has 1 aromatic carbocycles. The zero-order valence-electron chi connectivity index (χ0n) is 13.7. The van der Waals surface area contributed by atoms with Gasteiger partial charge in [-0.3, -0.25) is 4.79 Å². The van der Waals surface area contributed by atoms with Crippen LogP contribution in [0.5, 0.6) is 0 Å². The third-order valence-corrected chi connectivity index (χ3v) is 5.68. The highest BCUT2D eigenvalue weighted by molar-refractivity contribution is 7.21. The molecule has 24 heavy (non-hydrogen) atoms. The predicted molar refractivity (Wildman–Crippen MR) is 96.2 cm³/mol. The van der Waals surface area contributed by atoms with Gasteiger partial charge < -0.3 is 9.32 Å². The number of hydrogen-bond acceptors (Lipinski definition) is 4. The molecule has 3 heterocycles. The molecule has 124 valence electrons. The predicted octanol–water partition coefficient (Wildman–Crippen LogP) is 4.82. The summed E-state index contributed by atoms with van der Waals surface area (Å²) in [5.74, 6) is 1.77. The topological polar surface area (TPSA) is 46.3 Å². The smallest absolute Gasteiger partial charge is 0.289 e. The zero-order valence-corrected chi connectivity index (χ0v) is 14.5. The van der Waals surface area contributed by atoms with Crippen LogP contribution in [0.15, 0.2) is 40.8 Å². The minimum absolute atomic E-state index is 0.00328. The summed E-state index contributed by atoms with van der Waals surface area (Å²) in [6.45, 7) is 3.89. The van der Waals surface area contributed by atoms with Crippen molar-refractivity contribution < 1.29 is 9.21 Å². The average Bonchev–Trinajstić information content (AvgIpc) is 3.18. The quantitative estimate of drug-likeness (QED) is 0.672. The lowest BCUT2D eigenvalue weighted by Crippen LogP contribution is -2.31. The second-order valence-corrected chi connectivity index (χ2v) is 7.51. The summed E-state index contributed by atoms with van der Waals surface area (Å²) in [5, 5.41) is 0.819. The Labute approximate surface area is 145 Å². The number of carbonyl (C=O) groups excluding carboxylic acids is 1. The molecule has 0 bridgehead atoms. The van der Waals surface area contributed by atoms with Crippen molar-refractivity contribution in [2.24, 2.45) is 5.92 Å². The van der Waals surface area contributed by atoms with Gasteiger partial charge in [0.05, 0.1) is 10.2 Å². The molecule has 1 unspecified atom stereocenters. The Kier molecular flexibility index (Phi) is 4.10. The molecule has 0 aliphatic carbocycles. The van der Waals surface area contributed by atoms with Gasteiger partial charge in [0, 0.05) is 13.1 Å². The molecular weight excluding hydrogens is 320 g/mol. The van der Waals surface area contributed by atoms with Crippen molar-refractivity contribution >= 4 is 27.5 Å². The first-order chi connectivity index (χ1) is 11.7. The van der Waals surface area contributed by atoms with E-state index in [9.17, 15) is 4.79 Å². The maximum Gasteiger partial charge on any atom is 0.289 e. The number of likely N-dealkylation sites (tertiary alicyclic amines) is 1. The summed E-state index contributed by atoms with van der Waals surface area (Å²) >= 11 is 1.58. The minimum Gasteiger partial charge on any atom is -0.448 e. The van der Waals surface area contributed by atoms with E-state index in [1.165, 1.54) is 6.42 Å². The number of amides is 1. The summed E-state index contributed by atoms with van der Waals surface area (Å²) in [4.78, 5) is 19.2. The molecule has 0 saturated carbocycles. The van der Waals surface area contributed by atoms with Crippen molar-refractivity contribution in [1.29, 1.82) is 0 Å². The van der Waals surface area contributed by atoms with Crippen LogP contribution in [-0.2, 0) is 0 Å². The molecule has 0 N–H and O–H groups in total. The van der Waals surface area contributed by atoms with E-state index in [0.29, 0.717) is 17.4 Å². The Morgan fingerprint density at radius 1 is 1.21 bits per heavy atom. The van der Waals surface area contributed by atoms with Crippen LogP contribution < -0.4 is 0 Å².